The summed E-state index contributed by atoms with van der Waals surface area (Å²) in [6, 6.07) is 17.3. The minimum atomic E-state index is -0.345. The summed E-state index contributed by atoms with van der Waals surface area (Å²) >= 11 is 37.5. The van der Waals surface area contributed by atoms with Crippen molar-refractivity contribution in [2.45, 2.75) is 39.5 Å². The summed E-state index contributed by atoms with van der Waals surface area (Å²) in [5, 5.41) is 40.4. The second-order valence-corrected chi connectivity index (χ2v) is 15.6. The number of hydrogen-bond donors (Lipinski definition) is 5. The van der Waals surface area contributed by atoms with Crippen LogP contribution in [0.3, 0.4) is 0 Å². The Morgan fingerprint density at radius 3 is 1.37 bits per heavy atom. The number of aromatic amines is 2. The average Bonchev–Trinajstić information content (AvgIpc) is 3.72. The molecule has 0 spiro atoms. The lowest BCUT2D eigenvalue weighted by molar-refractivity contribution is 0.403. The lowest BCUT2D eigenvalue weighted by Crippen LogP contribution is -2.13. The van der Waals surface area contributed by atoms with E-state index in [-0.39, 0.29) is 44.8 Å². The van der Waals surface area contributed by atoms with E-state index in [9.17, 15) is 24.9 Å². The van der Waals surface area contributed by atoms with Gasteiger partial charge in [-0.25, -0.2) is 19.3 Å². The summed E-state index contributed by atoms with van der Waals surface area (Å²) in [6.07, 6.45) is 1.63. The molecule has 0 unspecified atom stereocenters. The van der Waals surface area contributed by atoms with Crippen LogP contribution in [0.4, 0.5) is 0 Å². The van der Waals surface area contributed by atoms with Gasteiger partial charge in [-0.2, -0.15) is 10.2 Å². The number of aromatic hydroxyl groups is 3. The molecule has 0 amide bonds. The predicted molar refractivity (Wildman–Crippen MR) is 231 cm³/mol. The molecule has 0 saturated heterocycles. The number of H-pyrrole nitrogens is 2. The van der Waals surface area contributed by atoms with Gasteiger partial charge in [0.25, 0.3) is 11.1 Å². The highest BCUT2D eigenvalue weighted by atomic mass is 35.5. The highest BCUT2D eigenvalue weighted by Crippen LogP contribution is 2.35. The van der Waals surface area contributed by atoms with Gasteiger partial charge in [-0.3, -0.25) is 9.59 Å². The maximum Gasteiger partial charge on any atom is 0.262 e. The molecule has 19 heteroatoms. The molecule has 0 aliphatic carbocycles. The van der Waals surface area contributed by atoms with Gasteiger partial charge in [0.15, 0.2) is 22.8 Å². The van der Waals surface area contributed by atoms with E-state index in [1.165, 1.54) is 33.6 Å². The van der Waals surface area contributed by atoms with E-state index in [4.69, 9.17) is 69.6 Å². The SMILES string of the molecule is CCc1nn(-c2c(Cl)cc(Cl)cc2Cl)c2nc(Cc3ccc(O)c(O)c3)[nH]c(=O)c12.CCc1nn(-c2c(Cl)cc(Cl)cc2Cl)c2nc(Cc3ccc(O)cc3)[nH]c(=O)c12. The number of phenols is 3. The molecule has 0 atom stereocenters. The third-order valence-corrected chi connectivity index (χ3v) is 10.7. The van der Waals surface area contributed by atoms with Crippen LogP contribution in [0.5, 0.6) is 17.2 Å². The Hall–Kier alpha value is -5.28. The predicted octanol–water partition coefficient (Wildman–Crippen LogP) is 9.56. The topological polar surface area (TPSA) is 188 Å². The van der Waals surface area contributed by atoms with Gasteiger partial charge in [0, 0.05) is 22.9 Å². The zero-order valence-electron chi connectivity index (χ0n) is 30.8. The zero-order chi connectivity index (χ0) is 42.3. The Morgan fingerprint density at radius 2 is 0.966 bits per heavy atom. The quantitative estimate of drug-likeness (QED) is 0.0926. The summed E-state index contributed by atoms with van der Waals surface area (Å²) in [6.45, 7) is 3.78. The molecule has 4 aromatic heterocycles. The lowest BCUT2D eigenvalue weighted by atomic mass is 10.1. The Labute approximate surface area is 364 Å². The fraction of sp³-hybridized carbons (Fsp3) is 0.150. The van der Waals surface area contributed by atoms with Crippen molar-refractivity contribution in [1.82, 2.24) is 39.5 Å². The second kappa shape index (κ2) is 17.1. The summed E-state index contributed by atoms with van der Waals surface area (Å²) in [5.74, 6) is 0.492. The van der Waals surface area contributed by atoms with Crippen molar-refractivity contribution >= 4 is 91.7 Å². The van der Waals surface area contributed by atoms with E-state index >= 15 is 0 Å². The van der Waals surface area contributed by atoms with Crippen LogP contribution in [0.2, 0.25) is 30.1 Å². The number of rotatable bonds is 8. The van der Waals surface area contributed by atoms with Crippen LogP contribution in [0.15, 0.2) is 76.3 Å². The van der Waals surface area contributed by atoms with Crippen LogP contribution in [0, 0.1) is 0 Å². The number of halogens is 6. The van der Waals surface area contributed by atoms with Gasteiger partial charge in [-0.05, 0) is 72.5 Å². The largest absolute Gasteiger partial charge is 0.508 e. The third kappa shape index (κ3) is 8.58. The van der Waals surface area contributed by atoms with Crippen molar-refractivity contribution in [1.29, 1.82) is 0 Å². The number of fused-ring (bicyclic) bond motifs is 2. The molecule has 13 nitrogen and oxygen atoms in total. The Balaban J connectivity index is 0.000000179. The fourth-order valence-corrected chi connectivity index (χ4v) is 8.36. The second-order valence-electron chi connectivity index (χ2n) is 13.1. The number of aryl methyl sites for hydroxylation is 2. The van der Waals surface area contributed by atoms with Crippen molar-refractivity contribution in [3.63, 3.8) is 0 Å². The molecule has 0 aliphatic heterocycles. The minimum Gasteiger partial charge on any atom is -0.508 e. The molecule has 5 N–H and O–H groups in total. The molecule has 59 heavy (non-hydrogen) atoms. The first kappa shape index (κ1) is 41.9. The first-order valence-corrected chi connectivity index (χ1v) is 20.0. The van der Waals surface area contributed by atoms with Crippen molar-refractivity contribution < 1.29 is 15.3 Å². The van der Waals surface area contributed by atoms with Crippen LogP contribution in [0.1, 0.15) is 48.0 Å². The molecule has 0 saturated carbocycles. The molecular formula is C40H30Cl6N8O5. The number of nitrogens with zero attached hydrogens (tertiary/aromatic N) is 6. The molecule has 0 aliphatic rings. The number of aromatic nitrogens is 8. The number of nitrogens with one attached hydrogen (secondary N) is 2. The molecule has 8 aromatic rings. The normalized spacial score (nSPS) is 11.3. The lowest BCUT2D eigenvalue weighted by Gasteiger charge is -2.09. The van der Waals surface area contributed by atoms with E-state index in [2.05, 4.69) is 30.1 Å². The number of phenolic OH excluding ortho intramolecular Hbond substituents is 3. The summed E-state index contributed by atoms with van der Waals surface area (Å²) in [7, 11) is 0. The van der Waals surface area contributed by atoms with Gasteiger partial charge in [-0.1, -0.05) is 102 Å². The van der Waals surface area contributed by atoms with Crippen LogP contribution < -0.4 is 11.1 Å². The van der Waals surface area contributed by atoms with Gasteiger partial charge in [0.2, 0.25) is 0 Å². The van der Waals surface area contributed by atoms with Crippen LogP contribution in [0.25, 0.3) is 33.4 Å². The molecule has 8 rings (SSSR count). The Kier molecular flexibility index (Phi) is 12.2. The molecule has 4 heterocycles. The van der Waals surface area contributed by atoms with Crippen LogP contribution >= 0.6 is 69.6 Å². The fourth-order valence-electron chi connectivity index (χ4n) is 6.40. The van der Waals surface area contributed by atoms with E-state index in [1.807, 2.05) is 13.8 Å². The standard InChI is InChI=1S/C20H15Cl3N4O3.C20H15Cl3N4O2/c1-2-13-17-19(27(26-13)18-11(22)7-10(21)8-12(18)23)24-16(25-20(17)30)6-9-3-4-14(28)15(29)5-9;1-2-15-17-19(27(26-15)18-13(22)8-11(21)9-14(18)23)24-16(25-20(17)29)7-10-3-5-12(28)6-4-10/h3-5,7-8,28-29H,2,6H2,1H3,(H,24,25,30);3-6,8-9,28H,2,7H2,1H3,(H,24,25,29). The molecular weight excluding hydrogens is 885 g/mol. The summed E-state index contributed by atoms with van der Waals surface area (Å²) in [4.78, 5) is 40.5. The Bertz CT molecular complexity index is 2990. The molecule has 0 radical (unpaired) electrons. The summed E-state index contributed by atoms with van der Waals surface area (Å²) in [5.41, 5.74) is 3.50. The highest BCUT2D eigenvalue weighted by molar-refractivity contribution is 6.41. The number of hydrogen-bond acceptors (Lipinski definition) is 9. The van der Waals surface area contributed by atoms with Crippen molar-refractivity contribution in [3.05, 3.63) is 152 Å². The van der Waals surface area contributed by atoms with Gasteiger partial charge >= 0.3 is 0 Å². The average molecular weight is 915 g/mol. The molecule has 302 valence electrons. The maximum absolute atomic E-state index is 12.8. The highest BCUT2D eigenvalue weighted by Gasteiger charge is 2.23. The van der Waals surface area contributed by atoms with E-state index in [0.717, 1.165) is 5.56 Å². The summed E-state index contributed by atoms with van der Waals surface area (Å²) < 4.78 is 2.94. The van der Waals surface area contributed by atoms with E-state index in [1.54, 1.807) is 42.5 Å². The Morgan fingerprint density at radius 1 is 0.559 bits per heavy atom. The number of benzene rings is 4. The maximum atomic E-state index is 12.8. The van der Waals surface area contributed by atoms with Crippen molar-refractivity contribution in [2.75, 3.05) is 0 Å². The van der Waals surface area contributed by atoms with Gasteiger partial charge < -0.3 is 25.3 Å². The first-order valence-electron chi connectivity index (χ1n) is 17.8. The van der Waals surface area contributed by atoms with E-state index < -0.39 is 0 Å². The zero-order valence-corrected chi connectivity index (χ0v) is 35.3. The molecule has 0 bridgehead atoms. The monoisotopic (exact) mass is 912 g/mol. The van der Waals surface area contributed by atoms with Crippen molar-refractivity contribution in [3.8, 4) is 28.6 Å². The van der Waals surface area contributed by atoms with Gasteiger partial charge in [0.1, 0.15) is 39.5 Å². The minimum absolute atomic E-state index is 0.170. The third-order valence-electron chi connectivity index (χ3n) is 9.09. The van der Waals surface area contributed by atoms with E-state index in [0.29, 0.717) is 101 Å². The van der Waals surface area contributed by atoms with Crippen molar-refractivity contribution in [2.24, 2.45) is 0 Å². The smallest absolute Gasteiger partial charge is 0.262 e. The first-order chi connectivity index (χ1) is 28.1. The molecule has 4 aromatic carbocycles. The van der Waals surface area contributed by atoms with Gasteiger partial charge in [-0.15, -0.1) is 0 Å². The van der Waals surface area contributed by atoms with Gasteiger partial charge in [0.05, 0.1) is 31.5 Å². The van der Waals surface area contributed by atoms with Crippen LogP contribution in [-0.4, -0.2) is 54.8 Å². The molecule has 0 fully saturated rings. The van der Waals surface area contributed by atoms with Crippen LogP contribution in [-0.2, 0) is 25.7 Å².